The Balaban J connectivity index is 4.02. The van der Waals surface area contributed by atoms with Crippen LogP contribution >= 0.6 is 0 Å². The Kier molecular flexibility index (Phi) is 62.2. The number of hydrogen-bond acceptors (Lipinski definition) is 8. The number of carbonyl (C=O) groups is 3. The number of likely N-dealkylation sites (N-methyl/N-ethyl adjacent to an activating group) is 1. The lowest BCUT2D eigenvalue weighted by molar-refractivity contribution is -0.870. The van der Waals surface area contributed by atoms with Crippen LogP contribution in [-0.2, 0) is 33.3 Å². The molecular formula is C74H133NO8. The van der Waals surface area contributed by atoms with Crippen molar-refractivity contribution in [3.63, 3.8) is 0 Å². The molecule has 0 aliphatic carbocycles. The van der Waals surface area contributed by atoms with E-state index in [-0.39, 0.29) is 38.6 Å². The first-order chi connectivity index (χ1) is 40.6. The topological polar surface area (TPSA) is 111 Å². The molecule has 482 valence electrons. The molecule has 9 nitrogen and oxygen atoms in total. The fourth-order valence-electron chi connectivity index (χ4n) is 10.1. The molecule has 0 spiro atoms. The number of allylic oxidation sites excluding steroid dienone is 12. The molecule has 0 rings (SSSR count). The Hall–Kier alpha value is -3.27. The SMILES string of the molecule is CC/C=C\C/C=C\C/C=C\C/C=C\C/C=C\CCCCCCCC(=O)OC(COC(=O)CCCCCCCCCCCCCCCCCCCCCCCCCCC/C=C\CCCCCCCCCC)COC(OCC[N+](C)(C)C)C(=O)[O-]. The minimum atomic E-state index is -1.63. The maximum Gasteiger partial charge on any atom is 0.306 e. The van der Waals surface area contributed by atoms with Gasteiger partial charge in [-0.15, -0.1) is 0 Å². The molecule has 0 aliphatic rings. The van der Waals surface area contributed by atoms with Crippen molar-refractivity contribution in [3.05, 3.63) is 72.9 Å². The van der Waals surface area contributed by atoms with Gasteiger partial charge in [-0.05, 0) is 83.5 Å². The molecule has 0 aromatic heterocycles. The number of unbranched alkanes of at least 4 members (excludes halogenated alkanes) is 38. The maximum atomic E-state index is 12.9. The standard InChI is InChI=1S/C74H133NO8/c1-6-8-10-12-14-16-18-20-22-24-26-28-29-30-31-32-33-34-35-36-37-38-39-40-41-42-43-45-46-48-50-52-54-56-58-60-62-64-71(76)81-68-70(69-82-74(73(78)79)80-67-66-75(3,4)5)83-72(77)65-63-61-59-57-55-53-51-49-47-44-27-25-23-21-19-17-15-13-11-9-7-2/h9,11,15,17,21,23-24,26-27,44,49,51,70,74H,6-8,10,12-14,16,18-20,22,25,28-43,45-48,50,52-69H2,1-5H3/b11-9-,17-15-,23-21-,26-24-,44-27-,51-49-. The molecule has 0 bridgehead atoms. The third kappa shape index (κ3) is 66.1. The number of rotatable bonds is 65. The van der Waals surface area contributed by atoms with Gasteiger partial charge in [0.25, 0.3) is 0 Å². The van der Waals surface area contributed by atoms with Crippen LogP contribution in [0.3, 0.4) is 0 Å². The Morgan fingerprint density at radius 1 is 0.373 bits per heavy atom. The van der Waals surface area contributed by atoms with E-state index >= 15 is 0 Å². The van der Waals surface area contributed by atoms with Crippen LogP contribution in [0.4, 0.5) is 0 Å². The third-order valence-corrected chi connectivity index (χ3v) is 15.4. The van der Waals surface area contributed by atoms with Crippen molar-refractivity contribution in [1.82, 2.24) is 0 Å². The second-order valence-corrected chi connectivity index (χ2v) is 24.8. The van der Waals surface area contributed by atoms with Crippen molar-refractivity contribution in [2.75, 3.05) is 47.5 Å². The number of carboxylic acid groups (broad SMARTS) is 1. The Morgan fingerprint density at radius 2 is 0.687 bits per heavy atom. The second-order valence-electron chi connectivity index (χ2n) is 24.8. The highest BCUT2D eigenvalue weighted by atomic mass is 16.7. The highest BCUT2D eigenvalue weighted by Crippen LogP contribution is 2.18. The van der Waals surface area contributed by atoms with E-state index in [0.29, 0.717) is 17.4 Å². The van der Waals surface area contributed by atoms with Gasteiger partial charge in [-0.2, -0.15) is 0 Å². The van der Waals surface area contributed by atoms with Gasteiger partial charge in [0.05, 0.1) is 40.3 Å². The molecule has 2 atom stereocenters. The van der Waals surface area contributed by atoms with Crippen LogP contribution in [-0.4, -0.2) is 82.3 Å². The lowest BCUT2D eigenvalue weighted by Crippen LogP contribution is -2.44. The summed E-state index contributed by atoms with van der Waals surface area (Å²) in [7, 11) is 5.92. The highest BCUT2D eigenvalue weighted by Gasteiger charge is 2.22. The summed E-state index contributed by atoms with van der Waals surface area (Å²) in [6, 6.07) is 0. The van der Waals surface area contributed by atoms with E-state index in [9.17, 15) is 19.5 Å². The van der Waals surface area contributed by atoms with Crippen molar-refractivity contribution >= 4 is 17.9 Å². The van der Waals surface area contributed by atoms with Gasteiger partial charge >= 0.3 is 11.9 Å². The molecule has 0 heterocycles. The zero-order valence-corrected chi connectivity index (χ0v) is 55.1. The smallest absolute Gasteiger partial charge is 0.306 e. The largest absolute Gasteiger partial charge is 0.545 e. The quantitative estimate of drug-likeness (QED) is 0.0195. The Labute approximate surface area is 513 Å². The van der Waals surface area contributed by atoms with Crippen LogP contribution in [0.15, 0.2) is 72.9 Å². The summed E-state index contributed by atoms with van der Waals surface area (Å²) >= 11 is 0. The summed E-state index contributed by atoms with van der Waals surface area (Å²) < 4.78 is 22.8. The van der Waals surface area contributed by atoms with Gasteiger partial charge in [0.1, 0.15) is 13.2 Å². The molecule has 0 saturated carbocycles. The molecule has 0 aliphatic heterocycles. The van der Waals surface area contributed by atoms with Gasteiger partial charge in [0.15, 0.2) is 12.4 Å². The third-order valence-electron chi connectivity index (χ3n) is 15.4. The van der Waals surface area contributed by atoms with Crippen LogP contribution in [0.2, 0.25) is 0 Å². The molecule has 9 heteroatoms. The van der Waals surface area contributed by atoms with Crippen molar-refractivity contribution in [2.45, 2.75) is 334 Å². The Bertz CT molecular complexity index is 1590. The monoisotopic (exact) mass is 1160 g/mol. The number of carbonyl (C=O) groups excluding carboxylic acids is 3. The fourth-order valence-corrected chi connectivity index (χ4v) is 10.1. The van der Waals surface area contributed by atoms with Gasteiger partial charge in [-0.25, -0.2) is 0 Å². The first-order valence-corrected chi connectivity index (χ1v) is 35.1. The number of ether oxygens (including phenoxy) is 4. The van der Waals surface area contributed by atoms with Gasteiger partial charge in [0, 0.05) is 12.8 Å². The zero-order valence-electron chi connectivity index (χ0n) is 55.1. The van der Waals surface area contributed by atoms with Gasteiger partial charge in [-0.1, -0.05) is 299 Å². The minimum Gasteiger partial charge on any atom is -0.545 e. The van der Waals surface area contributed by atoms with Crippen molar-refractivity contribution < 1.29 is 42.9 Å². The molecule has 0 N–H and O–H groups in total. The highest BCUT2D eigenvalue weighted by molar-refractivity contribution is 5.70. The van der Waals surface area contributed by atoms with Gasteiger partial charge in [-0.3, -0.25) is 9.59 Å². The molecule has 0 saturated heterocycles. The van der Waals surface area contributed by atoms with Crippen LogP contribution in [0.1, 0.15) is 322 Å². The average Bonchev–Trinajstić information content (AvgIpc) is 3.46. The summed E-state index contributed by atoms with van der Waals surface area (Å²) in [5, 5.41) is 11.8. The lowest BCUT2D eigenvalue weighted by Gasteiger charge is -2.26. The zero-order chi connectivity index (χ0) is 60.5. The van der Waals surface area contributed by atoms with Crippen LogP contribution in [0.5, 0.6) is 0 Å². The minimum absolute atomic E-state index is 0.142. The van der Waals surface area contributed by atoms with E-state index in [4.69, 9.17) is 18.9 Å². The van der Waals surface area contributed by atoms with Crippen molar-refractivity contribution in [3.8, 4) is 0 Å². The predicted molar refractivity (Wildman–Crippen MR) is 352 cm³/mol. The summed E-state index contributed by atoms with van der Waals surface area (Å²) in [5.74, 6) is -2.30. The number of carboxylic acids is 1. The predicted octanol–water partition coefficient (Wildman–Crippen LogP) is 20.4. The molecule has 0 aromatic carbocycles. The molecular weight excluding hydrogens is 1030 g/mol. The molecule has 0 aromatic rings. The lowest BCUT2D eigenvalue weighted by atomic mass is 10.0. The number of aliphatic carboxylic acids is 1. The molecule has 0 amide bonds. The number of hydrogen-bond donors (Lipinski definition) is 0. The summed E-state index contributed by atoms with van der Waals surface area (Å²) in [4.78, 5) is 37.4. The van der Waals surface area contributed by atoms with E-state index in [2.05, 4.69) is 86.8 Å². The van der Waals surface area contributed by atoms with Gasteiger partial charge < -0.3 is 33.3 Å². The molecule has 0 radical (unpaired) electrons. The fraction of sp³-hybridized carbons (Fsp3) is 0.797. The normalized spacial score (nSPS) is 13.1. The number of quaternary nitrogens is 1. The van der Waals surface area contributed by atoms with Crippen LogP contribution in [0.25, 0.3) is 0 Å². The average molecular weight is 1160 g/mol. The maximum absolute atomic E-state index is 12.9. The first-order valence-electron chi connectivity index (χ1n) is 35.1. The Morgan fingerprint density at radius 3 is 1.04 bits per heavy atom. The van der Waals surface area contributed by atoms with Crippen molar-refractivity contribution in [1.29, 1.82) is 0 Å². The molecule has 0 fully saturated rings. The van der Waals surface area contributed by atoms with E-state index in [1.807, 2.05) is 21.1 Å². The summed E-state index contributed by atoms with van der Waals surface area (Å²) in [6.45, 7) is 4.64. The van der Waals surface area contributed by atoms with Crippen molar-refractivity contribution in [2.24, 2.45) is 0 Å². The van der Waals surface area contributed by atoms with E-state index in [1.54, 1.807) is 0 Å². The first kappa shape index (κ1) is 79.7. The van der Waals surface area contributed by atoms with Crippen LogP contribution in [0, 0.1) is 0 Å². The van der Waals surface area contributed by atoms with Crippen LogP contribution < -0.4 is 5.11 Å². The number of nitrogens with zero attached hydrogens (tertiary/aromatic N) is 1. The molecule has 83 heavy (non-hydrogen) atoms. The second kappa shape index (κ2) is 64.7. The molecule has 2 unspecified atom stereocenters. The van der Waals surface area contributed by atoms with E-state index in [0.717, 1.165) is 83.5 Å². The summed E-state index contributed by atoms with van der Waals surface area (Å²) in [5.41, 5.74) is 0. The van der Waals surface area contributed by atoms with Gasteiger partial charge in [0.2, 0.25) is 0 Å². The van der Waals surface area contributed by atoms with E-state index < -0.39 is 24.3 Å². The summed E-state index contributed by atoms with van der Waals surface area (Å²) in [6.07, 6.45) is 82.9. The number of esters is 2. The van der Waals surface area contributed by atoms with E-state index in [1.165, 1.54) is 205 Å².